The van der Waals surface area contributed by atoms with Crippen LogP contribution >= 0.6 is 0 Å². The van der Waals surface area contributed by atoms with Gasteiger partial charge in [-0.25, -0.2) is 4.99 Å². The average Bonchev–Trinajstić information content (AvgIpc) is 3.76. The van der Waals surface area contributed by atoms with Gasteiger partial charge < -0.3 is 14.2 Å². The van der Waals surface area contributed by atoms with Gasteiger partial charge in [0.05, 0.1) is 11.7 Å². The highest BCUT2D eigenvalue weighted by Gasteiger charge is 2.27. The summed E-state index contributed by atoms with van der Waals surface area (Å²) < 4.78 is 12.8. The molecule has 1 aliphatic rings. The maximum Gasteiger partial charge on any atom is 0.136 e. The fraction of sp³-hybridized carbons (Fsp3) is 0.0426. The molecule has 1 N–H and O–H groups in total. The molecule has 0 radical (unpaired) electrons. The number of para-hydroxylation sites is 2. The average molecular weight is 657 g/mol. The Morgan fingerprint density at radius 2 is 1.06 bits per heavy atom. The Kier molecular flexibility index (Phi) is 6.75. The maximum absolute atomic E-state index is 6.60. The highest BCUT2D eigenvalue weighted by atomic mass is 16.3. The Labute approximate surface area is 295 Å². The molecule has 3 heterocycles. The second-order valence-corrected chi connectivity index (χ2v) is 13.2. The van der Waals surface area contributed by atoms with Crippen LogP contribution < -0.4 is 5.32 Å². The molecule has 0 fully saturated rings. The van der Waals surface area contributed by atoms with Gasteiger partial charge in [-0.1, -0.05) is 127 Å². The van der Waals surface area contributed by atoms with Crippen molar-refractivity contribution in [2.24, 2.45) is 4.99 Å². The van der Waals surface area contributed by atoms with Gasteiger partial charge in [0.2, 0.25) is 0 Å². The van der Waals surface area contributed by atoms with E-state index in [9.17, 15) is 0 Å². The van der Waals surface area contributed by atoms with Crippen LogP contribution in [0.4, 0.5) is 0 Å². The molecule has 4 heteroatoms. The van der Waals surface area contributed by atoms with E-state index in [4.69, 9.17) is 13.8 Å². The van der Waals surface area contributed by atoms with Gasteiger partial charge in [-0.05, 0) is 76.7 Å². The lowest BCUT2D eigenvalue weighted by Gasteiger charge is -2.29. The molecule has 51 heavy (non-hydrogen) atoms. The number of aliphatic imine (C=N–C) groups is 1. The molecule has 0 aliphatic carbocycles. The zero-order valence-corrected chi connectivity index (χ0v) is 27.9. The summed E-state index contributed by atoms with van der Waals surface area (Å²) in [5.41, 5.74) is 13.3. The van der Waals surface area contributed by atoms with Gasteiger partial charge in [0.1, 0.15) is 28.2 Å². The van der Waals surface area contributed by atoms with Crippen molar-refractivity contribution in [3.63, 3.8) is 0 Å². The molecule has 9 aromatic rings. The monoisotopic (exact) mass is 656 g/mol. The summed E-state index contributed by atoms with van der Waals surface area (Å²) >= 11 is 0. The summed E-state index contributed by atoms with van der Waals surface area (Å²) in [4.78, 5) is 5.43. The number of hydrogen-bond donors (Lipinski definition) is 1. The first-order chi connectivity index (χ1) is 25.2. The first kappa shape index (κ1) is 29.3. The summed E-state index contributed by atoms with van der Waals surface area (Å²) in [6, 6.07) is 57.1. The Morgan fingerprint density at radius 1 is 0.471 bits per heavy atom. The molecule has 1 atom stereocenters. The topological polar surface area (TPSA) is 50.7 Å². The lowest BCUT2D eigenvalue weighted by Crippen LogP contribution is -2.33. The summed E-state index contributed by atoms with van der Waals surface area (Å²) in [5.74, 6) is 0.839. The van der Waals surface area contributed by atoms with E-state index in [0.717, 1.165) is 83.2 Å². The molecule has 2 aromatic heterocycles. The molecule has 0 spiro atoms. The summed E-state index contributed by atoms with van der Waals surface area (Å²) in [5, 5.41) is 8.15. The van der Waals surface area contributed by atoms with Crippen LogP contribution in [0.1, 0.15) is 29.7 Å². The van der Waals surface area contributed by atoms with Gasteiger partial charge >= 0.3 is 0 Å². The van der Waals surface area contributed by atoms with Crippen molar-refractivity contribution in [3.05, 3.63) is 186 Å². The SMILES string of the molecule is CC1=C(c2cc(-c3ccc4oc5ccccc5c4c3)cc3oc4ccccc4c23)N=C(c2ccccc2)NC1c1ccc(-c2ccccc2)cc1. The van der Waals surface area contributed by atoms with Crippen LogP contribution in [0.15, 0.2) is 183 Å². The molecular weight excluding hydrogens is 625 g/mol. The number of rotatable bonds is 5. The highest BCUT2D eigenvalue weighted by molar-refractivity contribution is 6.14. The van der Waals surface area contributed by atoms with Gasteiger partial charge in [-0.3, -0.25) is 0 Å². The van der Waals surface area contributed by atoms with E-state index < -0.39 is 0 Å². The van der Waals surface area contributed by atoms with Gasteiger partial charge in [-0.15, -0.1) is 0 Å². The second kappa shape index (κ2) is 11.7. The first-order valence-electron chi connectivity index (χ1n) is 17.3. The third-order valence-corrected chi connectivity index (χ3v) is 10.2. The van der Waals surface area contributed by atoms with Crippen LogP contribution in [0, 0.1) is 0 Å². The smallest absolute Gasteiger partial charge is 0.136 e. The van der Waals surface area contributed by atoms with Crippen LogP contribution in [0.3, 0.4) is 0 Å². The molecule has 1 unspecified atom stereocenters. The number of fused-ring (bicyclic) bond motifs is 6. The normalized spacial score (nSPS) is 14.8. The molecule has 0 amide bonds. The number of nitrogens with one attached hydrogen (secondary N) is 1. The Balaban J connectivity index is 1.20. The molecule has 242 valence electrons. The number of amidine groups is 1. The van der Waals surface area contributed by atoms with E-state index in [-0.39, 0.29) is 6.04 Å². The molecule has 1 aliphatic heterocycles. The lowest BCUT2D eigenvalue weighted by molar-refractivity contribution is 0.669. The molecule has 0 bridgehead atoms. The van der Waals surface area contributed by atoms with Crippen molar-refractivity contribution < 1.29 is 8.83 Å². The number of hydrogen-bond acceptors (Lipinski definition) is 4. The summed E-state index contributed by atoms with van der Waals surface area (Å²) in [7, 11) is 0. The highest BCUT2D eigenvalue weighted by Crippen LogP contribution is 2.43. The third-order valence-electron chi connectivity index (χ3n) is 10.2. The van der Waals surface area contributed by atoms with Crippen molar-refractivity contribution in [2.75, 3.05) is 0 Å². The number of benzene rings is 7. The Bertz CT molecular complexity index is 2820. The predicted octanol–water partition coefficient (Wildman–Crippen LogP) is 12.3. The van der Waals surface area contributed by atoms with E-state index in [1.165, 1.54) is 16.7 Å². The van der Waals surface area contributed by atoms with Gasteiger partial charge in [0, 0.05) is 32.7 Å². The predicted molar refractivity (Wildman–Crippen MR) is 210 cm³/mol. The van der Waals surface area contributed by atoms with Crippen LogP contribution in [0.2, 0.25) is 0 Å². The molecule has 4 nitrogen and oxygen atoms in total. The van der Waals surface area contributed by atoms with Crippen molar-refractivity contribution >= 4 is 55.4 Å². The van der Waals surface area contributed by atoms with E-state index in [1.54, 1.807) is 0 Å². The van der Waals surface area contributed by atoms with Crippen molar-refractivity contribution in [3.8, 4) is 22.3 Å². The van der Waals surface area contributed by atoms with E-state index in [1.807, 2.05) is 30.3 Å². The van der Waals surface area contributed by atoms with Crippen molar-refractivity contribution in [2.45, 2.75) is 13.0 Å². The molecule has 0 saturated carbocycles. The Morgan fingerprint density at radius 3 is 1.82 bits per heavy atom. The van der Waals surface area contributed by atoms with Crippen LogP contribution in [-0.2, 0) is 0 Å². The summed E-state index contributed by atoms with van der Waals surface area (Å²) in [6.07, 6.45) is 0. The van der Waals surface area contributed by atoms with E-state index >= 15 is 0 Å². The minimum Gasteiger partial charge on any atom is -0.456 e. The maximum atomic E-state index is 6.60. The zero-order chi connectivity index (χ0) is 33.9. The number of nitrogens with zero attached hydrogens (tertiary/aromatic N) is 1. The Hall–Kier alpha value is -6.65. The standard InChI is InChI=1S/C47H32N2O2/c1-29-45(32-22-20-31(21-23-32)30-12-4-2-5-13-30)48-47(33-14-6-3-7-15-33)49-46(29)39-27-35(28-43-44(39)37-17-9-11-19-41(37)51-43)34-24-25-42-38(26-34)36-16-8-10-18-40(36)50-42/h2-28,45H,1H3,(H,48,49). The quantitative estimate of drug-likeness (QED) is 0.201. The third kappa shape index (κ3) is 4.95. The summed E-state index contributed by atoms with van der Waals surface area (Å²) in [6.45, 7) is 2.20. The van der Waals surface area contributed by atoms with E-state index in [0.29, 0.717) is 0 Å². The van der Waals surface area contributed by atoms with Crippen molar-refractivity contribution in [1.82, 2.24) is 5.32 Å². The van der Waals surface area contributed by atoms with Gasteiger partial charge in [-0.2, -0.15) is 0 Å². The van der Waals surface area contributed by atoms with Crippen molar-refractivity contribution in [1.29, 1.82) is 0 Å². The zero-order valence-electron chi connectivity index (χ0n) is 27.9. The minimum absolute atomic E-state index is 0.0944. The van der Waals surface area contributed by atoms with Gasteiger partial charge in [0.15, 0.2) is 0 Å². The number of furan rings is 2. The molecule has 0 saturated heterocycles. The van der Waals surface area contributed by atoms with Crippen LogP contribution in [-0.4, -0.2) is 5.84 Å². The largest absolute Gasteiger partial charge is 0.456 e. The first-order valence-corrected chi connectivity index (χ1v) is 17.3. The minimum atomic E-state index is -0.0944. The van der Waals surface area contributed by atoms with Gasteiger partial charge in [0.25, 0.3) is 0 Å². The van der Waals surface area contributed by atoms with Crippen LogP contribution in [0.5, 0.6) is 0 Å². The molecular formula is C47H32N2O2. The fourth-order valence-electron chi connectivity index (χ4n) is 7.58. The lowest BCUT2D eigenvalue weighted by atomic mass is 9.89. The molecule has 7 aromatic carbocycles. The van der Waals surface area contributed by atoms with Crippen LogP contribution in [0.25, 0.3) is 71.8 Å². The second-order valence-electron chi connectivity index (χ2n) is 13.2. The molecule has 10 rings (SSSR count). The van der Waals surface area contributed by atoms with E-state index in [2.05, 4.69) is 146 Å². The fourth-order valence-corrected chi connectivity index (χ4v) is 7.58.